The molecule has 0 radical (unpaired) electrons. The Labute approximate surface area is 170 Å². The van der Waals surface area contributed by atoms with Gasteiger partial charge in [-0.15, -0.1) is 0 Å². The molecule has 29 heavy (non-hydrogen) atoms. The summed E-state index contributed by atoms with van der Waals surface area (Å²) in [5.41, 5.74) is 2.33. The number of aromatic nitrogens is 2. The zero-order valence-electron chi connectivity index (χ0n) is 16.7. The second-order valence-corrected chi connectivity index (χ2v) is 7.68. The zero-order valence-corrected chi connectivity index (χ0v) is 16.7. The molecular formula is C23H26F2N4. The van der Waals surface area contributed by atoms with Gasteiger partial charge in [0.05, 0.1) is 11.2 Å². The molecule has 0 bridgehead atoms. The lowest BCUT2D eigenvalue weighted by molar-refractivity contribution is 0.471. The van der Waals surface area contributed by atoms with Crippen LogP contribution in [0.1, 0.15) is 30.5 Å². The molecule has 1 N–H and O–H groups in total. The number of halogens is 2. The van der Waals surface area contributed by atoms with Crippen LogP contribution in [0.3, 0.4) is 0 Å². The summed E-state index contributed by atoms with van der Waals surface area (Å²) in [6.45, 7) is 4.43. The molecule has 1 atom stereocenters. The van der Waals surface area contributed by atoms with Gasteiger partial charge < -0.3 is 10.2 Å². The van der Waals surface area contributed by atoms with Crippen molar-refractivity contribution in [1.29, 1.82) is 0 Å². The molecule has 6 heteroatoms. The van der Waals surface area contributed by atoms with Gasteiger partial charge in [-0.05, 0) is 69.0 Å². The molecule has 4 rings (SSSR count). The normalized spacial score (nSPS) is 17.5. The van der Waals surface area contributed by atoms with Crippen LogP contribution >= 0.6 is 0 Å². The highest BCUT2D eigenvalue weighted by atomic mass is 19.1. The topological polar surface area (TPSA) is 41.1 Å². The first-order valence-electron chi connectivity index (χ1n) is 10.3. The van der Waals surface area contributed by atoms with Crippen LogP contribution in [0.4, 0.5) is 14.7 Å². The molecule has 2 aromatic carbocycles. The van der Waals surface area contributed by atoms with E-state index in [1.807, 2.05) is 19.1 Å². The fourth-order valence-corrected chi connectivity index (χ4v) is 3.99. The van der Waals surface area contributed by atoms with Crippen molar-refractivity contribution in [3.63, 3.8) is 0 Å². The van der Waals surface area contributed by atoms with Crippen LogP contribution < -0.4 is 10.2 Å². The SMILES string of the molecule is Cc1nc(N2CCCC(NCCc3ccccc3F)CC2)nc2ccc(F)cc12. The first-order valence-corrected chi connectivity index (χ1v) is 10.3. The van der Waals surface area contributed by atoms with Gasteiger partial charge in [-0.25, -0.2) is 18.7 Å². The van der Waals surface area contributed by atoms with Crippen molar-refractivity contribution in [3.05, 3.63) is 65.4 Å². The number of aryl methyl sites for hydroxylation is 1. The fourth-order valence-electron chi connectivity index (χ4n) is 3.99. The molecule has 4 nitrogen and oxygen atoms in total. The second-order valence-electron chi connectivity index (χ2n) is 7.68. The van der Waals surface area contributed by atoms with Crippen molar-refractivity contribution in [3.8, 4) is 0 Å². The minimum Gasteiger partial charge on any atom is -0.341 e. The van der Waals surface area contributed by atoms with Crippen LogP contribution in [0.25, 0.3) is 10.9 Å². The average Bonchev–Trinajstić information content (AvgIpc) is 2.96. The fraction of sp³-hybridized carbons (Fsp3) is 0.391. The number of nitrogens with one attached hydrogen (secondary N) is 1. The first-order chi connectivity index (χ1) is 14.1. The minimum atomic E-state index is -0.268. The summed E-state index contributed by atoms with van der Waals surface area (Å²) in [5, 5.41) is 4.34. The van der Waals surface area contributed by atoms with Crippen molar-refractivity contribution < 1.29 is 8.78 Å². The van der Waals surface area contributed by atoms with E-state index < -0.39 is 0 Å². The molecule has 1 aromatic heterocycles. The molecule has 1 aliphatic rings. The van der Waals surface area contributed by atoms with E-state index in [9.17, 15) is 8.78 Å². The predicted molar refractivity (Wildman–Crippen MR) is 112 cm³/mol. The molecule has 3 aromatic rings. The van der Waals surface area contributed by atoms with E-state index in [4.69, 9.17) is 0 Å². The molecule has 1 aliphatic heterocycles. The van der Waals surface area contributed by atoms with Crippen LogP contribution in [0, 0.1) is 18.6 Å². The quantitative estimate of drug-likeness (QED) is 0.694. The highest BCUT2D eigenvalue weighted by Crippen LogP contribution is 2.22. The van der Waals surface area contributed by atoms with Gasteiger partial charge in [0.25, 0.3) is 0 Å². The molecule has 1 fully saturated rings. The number of hydrogen-bond acceptors (Lipinski definition) is 4. The summed E-state index contributed by atoms with van der Waals surface area (Å²) in [6.07, 6.45) is 3.80. The zero-order chi connectivity index (χ0) is 20.2. The summed E-state index contributed by atoms with van der Waals surface area (Å²) in [5.74, 6) is 0.315. The van der Waals surface area contributed by atoms with Crippen molar-refractivity contribution in [2.45, 2.75) is 38.6 Å². The van der Waals surface area contributed by atoms with E-state index in [0.717, 1.165) is 61.1 Å². The molecule has 0 aliphatic carbocycles. The third kappa shape index (κ3) is 4.70. The van der Waals surface area contributed by atoms with Gasteiger partial charge in [0.1, 0.15) is 11.6 Å². The Morgan fingerprint density at radius 1 is 1.07 bits per heavy atom. The predicted octanol–water partition coefficient (Wildman–Crippen LogP) is 4.41. The van der Waals surface area contributed by atoms with Gasteiger partial charge in [0.2, 0.25) is 5.95 Å². The number of rotatable bonds is 5. The number of hydrogen-bond donors (Lipinski definition) is 1. The molecule has 1 saturated heterocycles. The van der Waals surface area contributed by atoms with Gasteiger partial charge in [0.15, 0.2) is 0 Å². The number of fused-ring (bicyclic) bond motifs is 1. The van der Waals surface area contributed by atoms with Crippen molar-refractivity contribution in [2.24, 2.45) is 0 Å². The van der Waals surface area contributed by atoms with Crippen LogP contribution in [-0.2, 0) is 6.42 Å². The van der Waals surface area contributed by atoms with Crippen molar-refractivity contribution >= 4 is 16.9 Å². The maximum Gasteiger partial charge on any atom is 0.226 e. The molecule has 152 valence electrons. The van der Waals surface area contributed by atoms with Crippen molar-refractivity contribution in [1.82, 2.24) is 15.3 Å². The molecule has 0 amide bonds. The van der Waals surface area contributed by atoms with Crippen LogP contribution in [0.5, 0.6) is 0 Å². The molecule has 0 saturated carbocycles. The molecule has 1 unspecified atom stereocenters. The van der Waals surface area contributed by atoms with Crippen LogP contribution in [0.15, 0.2) is 42.5 Å². The highest BCUT2D eigenvalue weighted by molar-refractivity contribution is 5.81. The van der Waals surface area contributed by atoms with E-state index in [-0.39, 0.29) is 11.6 Å². The summed E-state index contributed by atoms with van der Waals surface area (Å²) >= 11 is 0. The van der Waals surface area contributed by atoms with E-state index in [1.165, 1.54) is 18.2 Å². The smallest absolute Gasteiger partial charge is 0.226 e. The highest BCUT2D eigenvalue weighted by Gasteiger charge is 2.19. The third-order valence-corrected chi connectivity index (χ3v) is 5.63. The second kappa shape index (κ2) is 8.82. The lowest BCUT2D eigenvalue weighted by Gasteiger charge is -2.21. The van der Waals surface area contributed by atoms with E-state index in [0.29, 0.717) is 18.4 Å². The molecule has 2 heterocycles. The van der Waals surface area contributed by atoms with Crippen LogP contribution in [0.2, 0.25) is 0 Å². The van der Waals surface area contributed by atoms with E-state index in [1.54, 1.807) is 12.1 Å². The molecular weight excluding hydrogens is 370 g/mol. The third-order valence-electron chi connectivity index (χ3n) is 5.63. The van der Waals surface area contributed by atoms with Gasteiger partial charge >= 0.3 is 0 Å². The standard InChI is InChI=1S/C23H26F2N4/c1-16-20-15-18(24)8-9-22(20)28-23(27-16)29-13-4-6-19(11-14-29)26-12-10-17-5-2-3-7-21(17)25/h2-3,5,7-9,15,19,26H,4,6,10-14H2,1H3. The number of anilines is 1. The Balaban J connectivity index is 1.37. The summed E-state index contributed by atoms with van der Waals surface area (Å²) in [4.78, 5) is 11.5. The first kappa shape index (κ1) is 19.7. The van der Waals surface area contributed by atoms with Crippen LogP contribution in [-0.4, -0.2) is 35.6 Å². The summed E-state index contributed by atoms with van der Waals surface area (Å²) in [6, 6.07) is 12.0. The lowest BCUT2D eigenvalue weighted by atomic mass is 10.1. The largest absolute Gasteiger partial charge is 0.341 e. The molecule has 0 spiro atoms. The lowest BCUT2D eigenvalue weighted by Crippen LogP contribution is -2.33. The van der Waals surface area contributed by atoms with Gasteiger partial charge in [-0.3, -0.25) is 0 Å². The maximum absolute atomic E-state index is 13.8. The summed E-state index contributed by atoms with van der Waals surface area (Å²) < 4.78 is 27.3. The monoisotopic (exact) mass is 396 g/mol. The Morgan fingerprint density at radius 3 is 2.79 bits per heavy atom. The summed E-state index contributed by atoms with van der Waals surface area (Å²) in [7, 11) is 0. The van der Waals surface area contributed by atoms with Gasteiger partial charge in [0, 0.05) is 24.5 Å². The van der Waals surface area contributed by atoms with E-state index >= 15 is 0 Å². The minimum absolute atomic E-state index is 0.134. The van der Waals surface area contributed by atoms with Gasteiger partial charge in [-0.1, -0.05) is 18.2 Å². The Hall–Kier alpha value is -2.60. The average molecular weight is 396 g/mol. The number of benzene rings is 2. The Bertz CT molecular complexity index is 992. The Morgan fingerprint density at radius 2 is 1.93 bits per heavy atom. The number of nitrogens with zero attached hydrogens (tertiary/aromatic N) is 3. The van der Waals surface area contributed by atoms with E-state index in [2.05, 4.69) is 20.2 Å². The van der Waals surface area contributed by atoms with Gasteiger partial charge in [-0.2, -0.15) is 0 Å². The van der Waals surface area contributed by atoms with Crippen molar-refractivity contribution in [2.75, 3.05) is 24.5 Å². The Kier molecular flexibility index (Phi) is 6.00. The maximum atomic E-state index is 13.8.